The molecule has 1 aromatic carbocycles. The zero-order chi connectivity index (χ0) is 14.6. The van der Waals surface area contributed by atoms with E-state index in [1.807, 2.05) is 0 Å². The molecular formula is C13H12F3NO2. The molecule has 102 valence electrons. The van der Waals surface area contributed by atoms with Crippen LogP contribution in [0, 0.1) is 0 Å². The zero-order valence-electron chi connectivity index (χ0n) is 10.4. The van der Waals surface area contributed by atoms with Gasteiger partial charge in [0.05, 0.1) is 5.70 Å². The number of Topliss-reactive ketones (excluding diaryl/α,β-unsaturated/α-hetero) is 1. The minimum Gasteiger partial charge on any atom is -0.374 e. The summed E-state index contributed by atoms with van der Waals surface area (Å²) in [4.78, 5) is 24.1. The fourth-order valence-electron chi connectivity index (χ4n) is 1.34. The third-order valence-corrected chi connectivity index (χ3v) is 2.30. The highest BCUT2D eigenvalue weighted by atomic mass is 19.4. The van der Waals surface area contributed by atoms with Gasteiger partial charge in [0.25, 0.3) is 5.78 Å². The second-order valence-corrected chi connectivity index (χ2v) is 3.98. The predicted octanol–water partition coefficient (Wildman–Crippen LogP) is 2.45. The predicted molar refractivity (Wildman–Crippen MR) is 63.6 cm³/mol. The van der Waals surface area contributed by atoms with Gasteiger partial charge < -0.3 is 4.90 Å². The summed E-state index contributed by atoms with van der Waals surface area (Å²) in [5.41, 5.74) is -0.0917. The standard InChI is InChI=1S/C13H12F3NO2/c1-17(2)10(8-11(18)13(14,15)16)12(19)9-6-4-3-5-7-9/h3-8H,1-2H3/b10-8-. The van der Waals surface area contributed by atoms with Crippen molar-refractivity contribution in [2.75, 3.05) is 14.1 Å². The van der Waals surface area contributed by atoms with E-state index in [0.717, 1.165) is 0 Å². The molecule has 0 aromatic heterocycles. The smallest absolute Gasteiger partial charge is 0.374 e. The van der Waals surface area contributed by atoms with E-state index in [0.29, 0.717) is 6.08 Å². The molecule has 0 heterocycles. The number of benzene rings is 1. The van der Waals surface area contributed by atoms with Gasteiger partial charge in [-0.2, -0.15) is 13.2 Å². The van der Waals surface area contributed by atoms with E-state index in [9.17, 15) is 22.8 Å². The number of carbonyl (C=O) groups is 2. The summed E-state index contributed by atoms with van der Waals surface area (Å²) in [7, 11) is 2.80. The zero-order valence-corrected chi connectivity index (χ0v) is 10.4. The lowest BCUT2D eigenvalue weighted by atomic mass is 10.1. The fourth-order valence-corrected chi connectivity index (χ4v) is 1.34. The number of halogens is 3. The molecule has 19 heavy (non-hydrogen) atoms. The summed E-state index contributed by atoms with van der Waals surface area (Å²) in [6.07, 6.45) is -4.67. The van der Waals surface area contributed by atoms with Crippen LogP contribution in [0.15, 0.2) is 42.1 Å². The maximum atomic E-state index is 12.2. The molecule has 0 atom stereocenters. The van der Waals surface area contributed by atoms with Crippen molar-refractivity contribution in [3.8, 4) is 0 Å². The molecule has 0 saturated heterocycles. The van der Waals surface area contributed by atoms with Crippen molar-refractivity contribution >= 4 is 11.6 Å². The van der Waals surface area contributed by atoms with Crippen LogP contribution >= 0.6 is 0 Å². The van der Waals surface area contributed by atoms with Crippen molar-refractivity contribution < 1.29 is 22.8 Å². The molecular weight excluding hydrogens is 259 g/mol. The second-order valence-electron chi connectivity index (χ2n) is 3.98. The summed E-state index contributed by atoms with van der Waals surface area (Å²) in [6.45, 7) is 0. The molecule has 0 bridgehead atoms. The van der Waals surface area contributed by atoms with Gasteiger partial charge in [-0.25, -0.2) is 0 Å². The minimum atomic E-state index is -4.99. The van der Waals surface area contributed by atoms with E-state index in [1.54, 1.807) is 18.2 Å². The third-order valence-electron chi connectivity index (χ3n) is 2.30. The molecule has 0 N–H and O–H groups in total. The van der Waals surface area contributed by atoms with Crippen molar-refractivity contribution in [2.45, 2.75) is 6.18 Å². The SMILES string of the molecule is CN(C)/C(=C\C(=O)C(F)(F)F)C(=O)c1ccccc1. The molecule has 3 nitrogen and oxygen atoms in total. The van der Waals surface area contributed by atoms with E-state index in [-0.39, 0.29) is 11.3 Å². The molecule has 0 spiro atoms. The summed E-state index contributed by atoms with van der Waals surface area (Å²) >= 11 is 0. The van der Waals surface area contributed by atoms with Crippen LogP contribution in [0.5, 0.6) is 0 Å². The summed E-state index contributed by atoms with van der Waals surface area (Å²) in [5.74, 6) is -2.69. The Labute approximate surface area is 108 Å². The van der Waals surface area contributed by atoms with Gasteiger partial charge >= 0.3 is 6.18 Å². The number of carbonyl (C=O) groups excluding carboxylic acids is 2. The van der Waals surface area contributed by atoms with E-state index < -0.39 is 17.7 Å². The van der Waals surface area contributed by atoms with Gasteiger partial charge in [-0.1, -0.05) is 30.3 Å². The lowest BCUT2D eigenvalue weighted by molar-refractivity contribution is -0.165. The van der Waals surface area contributed by atoms with Gasteiger partial charge in [-0.05, 0) is 0 Å². The molecule has 0 radical (unpaired) electrons. The van der Waals surface area contributed by atoms with Crippen molar-refractivity contribution in [2.24, 2.45) is 0 Å². The molecule has 0 saturated carbocycles. The number of alkyl halides is 3. The molecule has 6 heteroatoms. The molecule has 0 aliphatic rings. The highest BCUT2D eigenvalue weighted by Gasteiger charge is 2.37. The number of allylic oxidation sites excluding steroid dienone is 2. The Bertz CT molecular complexity index is 504. The normalized spacial score (nSPS) is 12.2. The van der Waals surface area contributed by atoms with Crippen molar-refractivity contribution in [3.05, 3.63) is 47.7 Å². The lowest BCUT2D eigenvalue weighted by Gasteiger charge is -2.16. The minimum absolute atomic E-state index is 0.220. The Hall–Kier alpha value is -2.11. The van der Waals surface area contributed by atoms with Crippen LogP contribution in [0.1, 0.15) is 10.4 Å². The Morgan fingerprint density at radius 3 is 2.05 bits per heavy atom. The second kappa shape index (κ2) is 5.69. The quantitative estimate of drug-likeness (QED) is 0.623. The number of nitrogens with zero attached hydrogens (tertiary/aromatic N) is 1. The Kier molecular flexibility index (Phi) is 4.47. The molecule has 0 fully saturated rings. The van der Waals surface area contributed by atoms with E-state index in [1.165, 1.54) is 31.1 Å². The van der Waals surface area contributed by atoms with Crippen LogP contribution in [0.2, 0.25) is 0 Å². The number of hydrogen-bond acceptors (Lipinski definition) is 3. The summed E-state index contributed by atoms with van der Waals surface area (Å²) in [5, 5.41) is 0. The first-order chi connectivity index (χ1) is 8.73. The van der Waals surface area contributed by atoms with Gasteiger partial charge in [0.15, 0.2) is 0 Å². The van der Waals surface area contributed by atoms with Crippen LogP contribution in [-0.2, 0) is 4.79 Å². The molecule has 0 aliphatic carbocycles. The first kappa shape index (κ1) is 14.9. The molecule has 1 aromatic rings. The summed E-state index contributed by atoms with van der Waals surface area (Å²) in [6, 6.07) is 7.80. The third kappa shape index (κ3) is 3.94. The Morgan fingerprint density at radius 1 is 1.11 bits per heavy atom. The maximum absolute atomic E-state index is 12.2. The lowest BCUT2D eigenvalue weighted by Crippen LogP contribution is -2.26. The van der Waals surface area contributed by atoms with Gasteiger partial charge in [0, 0.05) is 25.7 Å². The van der Waals surface area contributed by atoms with Crippen molar-refractivity contribution in [1.82, 2.24) is 4.90 Å². The average molecular weight is 271 g/mol. The van der Waals surface area contributed by atoms with E-state index in [2.05, 4.69) is 0 Å². The largest absolute Gasteiger partial charge is 0.454 e. The molecule has 0 unspecified atom stereocenters. The highest BCUT2D eigenvalue weighted by molar-refractivity contribution is 6.12. The highest BCUT2D eigenvalue weighted by Crippen LogP contribution is 2.19. The van der Waals surface area contributed by atoms with Crippen LogP contribution in [0.25, 0.3) is 0 Å². The number of hydrogen-bond donors (Lipinski definition) is 0. The molecule has 0 amide bonds. The van der Waals surface area contributed by atoms with Crippen LogP contribution in [0.3, 0.4) is 0 Å². The fraction of sp³-hybridized carbons (Fsp3) is 0.231. The summed E-state index contributed by atoms with van der Waals surface area (Å²) < 4.78 is 36.6. The van der Waals surface area contributed by atoms with Gasteiger partial charge in [-0.3, -0.25) is 9.59 Å². The van der Waals surface area contributed by atoms with Crippen LogP contribution < -0.4 is 0 Å². The van der Waals surface area contributed by atoms with Crippen molar-refractivity contribution in [3.63, 3.8) is 0 Å². The van der Waals surface area contributed by atoms with Crippen molar-refractivity contribution in [1.29, 1.82) is 0 Å². The van der Waals surface area contributed by atoms with Gasteiger partial charge in [-0.15, -0.1) is 0 Å². The maximum Gasteiger partial charge on any atom is 0.454 e. The van der Waals surface area contributed by atoms with Gasteiger partial charge in [0.1, 0.15) is 0 Å². The molecule has 0 aliphatic heterocycles. The number of rotatable bonds is 4. The first-order valence-electron chi connectivity index (χ1n) is 5.33. The van der Waals surface area contributed by atoms with Gasteiger partial charge in [0.2, 0.25) is 5.78 Å². The Balaban J connectivity index is 3.13. The van der Waals surface area contributed by atoms with E-state index in [4.69, 9.17) is 0 Å². The first-order valence-corrected chi connectivity index (χ1v) is 5.33. The van der Waals surface area contributed by atoms with Crippen LogP contribution in [-0.4, -0.2) is 36.7 Å². The number of likely N-dealkylation sites (N-methyl/N-ethyl adjacent to an activating group) is 1. The topological polar surface area (TPSA) is 37.4 Å². The monoisotopic (exact) mass is 271 g/mol. The Morgan fingerprint density at radius 2 is 1.63 bits per heavy atom. The average Bonchev–Trinajstić information content (AvgIpc) is 2.34. The van der Waals surface area contributed by atoms with E-state index >= 15 is 0 Å². The number of ketones is 2. The van der Waals surface area contributed by atoms with Crippen LogP contribution in [0.4, 0.5) is 13.2 Å². The molecule has 1 rings (SSSR count).